The van der Waals surface area contributed by atoms with Crippen molar-refractivity contribution in [1.82, 2.24) is 10.3 Å². The van der Waals surface area contributed by atoms with Crippen LogP contribution in [0.2, 0.25) is 5.02 Å². The summed E-state index contributed by atoms with van der Waals surface area (Å²) < 4.78 is 0. The van der Waals surface area contributed by atoms with E-state index in [4.69, 9.17) is 11.6 Å². The van der Waals surface area contributed by atoms with Crippen LogP contribution in [0, 0.1) is 10.1 Å². The standard InChI is InChI=1S/C25H24ClN5O3/c26-24-11-10-23(31(33)34)16-21(24)17-27-28-25(32)20-8-6-19(7-9-20)18-29-12-14-30(15-13-29)22-4-2-1-3-5-22/h1-11,16-17H,12-15,18H2,(H,28,32)/b27-17-. The first-order valence-corrected chi connectivity index (χ1v) is 11.3. The highest BCUT2D eigenvalue weighted by molar-refractivity contribution is 6.33. The van der Waals surface area contributed by atoms with E-state index < -0.39 is 4.92 Å². The highest BCUT2D eigenvalue weighted by atomic mass is 35.5. The summed E-state index contributed by atoms with van der Waals surface area (Å²) in [5.41, 5.74) is 5.54. The number of halogens is 1. The van der Waals surface area contributed by atoms with Gasteiger partial charge in [0, 0.05) is 66.7 Å². The molecule has 1 amide bonds. The van der Waals surface area contributed by atoms with Gasteiger partial charge in [0.25, 0.3) is 11.6 Å². The van der Waals surface area contributed by atoms with Gasteiger partial charge >= 0.3 is 0 Å². The van der Waals surface area contributed by atoms with Crippen molar-refractivity contribution in [1.29, 1.82) is 0 Å². The smallest absolute Gasteiger partial charge is 0.271 e. The molecule has 0 atom stereocenters. The lowest BCUT2D eigenvalue weighted by Gasteiger charge is -2.36. The Labute approximate surface area is 202 Å². The van der Waals surface area contributed by atoms with Gasteiger partial charge in [0.15, 0.2) is 0 Å². The van der Waals surface area contributed by atoms with Gasteiger partial charge in [-0.2, -0.15) is 5.10 Å². The molecule has 0 aliphatic carbocycles. The van der Waals surface area contributed by atoms with Crippen molar-refractivity contribution in [3.05, 3.63) is 105 Å². The van der Waals surface area contributed by atoms with Crippen LogP contribution in [0.15, 0.2) is 77.9 Å². The average Bonchev–Trinajstić information content (AvgIpc) is 2.86. The van der Waals surface area contributed by atoms with Crippen molar-refractivity contribution >= 4 is 35.1 Å². The quantitative estimate of drug-likeness (QED) is 0.310. The number of hydrazone groups is 1. The summed E-state index contributed by atoms with van der Waals surface area (Å²) in [6.07, 6.45) is 1.29. The number of nitro groups is 1. The van der Waals surface area contributed by atoms with E-state index >= 15 is 0 Å². The van der Waals surface area contributed by atoms with Crippen LogP contribution in [0.1, 0.15) is 21.5 Å². The number of hydrogen-bond acceptors (Lipinski definition) is 6. The fourth-order valence-electron chi connectivity index (χ4n) is 3.79. The molecule has 1 saturated heterocycles. The minimum absolute atomic E-state index is 0.103. The molecule has 3 aromatic carbocycles. The fourth-order valence-corrected chi connectivity index (χ4v) is 3.96. The van der Waals surface area contributed by atoms with Gasteiger partial charge in [-0.1, -0.05) is 41.9 Å². The van der Waals surface area contributed by atoms with Crippen LogP contribution in [0.4, 0.5) is 11.4 Å². The van der Waals surface area contributed by atoms with E-state index in [0.717, 1.165) is 38.3 Å². The summed E-state index contributed by atoms with van der Waals surface area (Å²) in [7, 11) is 0. The predicted octanol–water partition coefficient (Wildman–Crippen LogP) is 4.33. The highest BCUT2D eigenvalue weighted by Crippen LogP contribution is 2.20. The first-order chi connectivity index (χ1) is 16.5. The number of amides is 1. The van der Waals surface area contributed by atoms with E-state index in [2.05, 4.69) is 44.6 Å². The Morgan fingerprint density at radius 3 is 2.41 bits per heavy atom. The van der Waals surface area contributed by atoms with Crippen LogP contribution in [0.3, 0.4) is 0 Å². The zero-order valence-electron chi connectivity index (χ0n) is 18.4. The molecule has 0 unspecified atom stereocenters. The molecule has 9 heteroatoms. The number of rotatable bonds is 7. The molecule has 0 aromatic heterocycles. The third-order valence-corrected chi connectivity index (χ3v) is 6.02. The van der Waals surface area contributed by atoms with Crippen LogP contribution in [-0.4, -0.2) is 48.1 Å². The number of non-ortho nitro benzene ring substituents is 1. The Morgan fingerprint density at radius 2 is 1.74 bits per heavy atom. The largest absolute Gasteiger partial charge is 0.369 e. The summed E-state index contributed by atoms with van der Waals surface area (Å²) in [5.74, 6) is -0.374. The van der Waals surface area contributed by atoms with Crippen molar-refractivity contribution < 1.29 is 9.72 Å². The molecule has 174 valence electrons. The Balaban J connectivity index is 1.28. The van der Waals surface area contributed by atoms with Crippen molar-refractivity contribution in [2.24, 2.45) is 5.10 Å². The normalized spacial score (nSPS) is 14.3. The molecule has 4 rings (SSSR count). The Hall–Kier alpha value is -3.75. The lowest BCUT2D eigenvalue weighted by atomic mass is 10.1. The molecular weight excluding hydrogens is 454 g/mol. The minimum atomic E-state index is -0.517. The van der Waals surface area contributed by atoms with Gasteiger partial charge in [0.2, 0.25) is 0 Å². The zero-order valence-corrected chi connectivity index (χ0v) is 19.2. The van der Waals surface area contributed by atoms with Crippen molar-refractivity contribution in [3.63, 3.8) is 0 Å². The molecule has 0 radical (unpaired) electrons. The van der Waals surface area contributed by atoms with Gasteiger partial charge in [-0.3, -0.25) is 19.8 Å². The molecule has 0 saturated carbocycles. The molecule has 1 heterocycles. The number of nitrogens with zero attached hydrogens (tertiary/aromatic N) is 4. The van der Waals surface area contributed by atoms with Crippen molar-refractivity contribution in [2.45, 2.75) is 6.54 Å². The molecule has 1 aliphatic heterocycles. The highest BCUT2D eigenvalue weighted by Gasteiger charge is 2.17. The monoisotopic (exact) mass is 477 g/mol. The number of nitro benzene ring substituents is 1. The lowest BCUT2D eigenvalue weighted by molar-refractivity contribution is -0.384. The van der Waals surface area contributed by atoms with Gasteiger partial charge in [-0.15, -0.1) is 0 Å². The van der Waals surface area contributed by atoms with E-state index in [1.807, 2.05) is 18.2 Å². The SMILES string of the molecule is O=C(N/N=C\c1cc([N+](=O)[O-])ccc1Cl)c1ccc(CN2CCN(c3ccccc3)CC2)cc1. The van der Waals surface area contributed by atoms with Crippen LogP contribution in [0.5, 0.6) is 0 Å². The maximum absolute atomic E-state index is 12.4. The van der Waals surface area contributed by atoms with Crippen molar-refractivity contribution in [2.75, 3.05) is 31.1 Å². The number of anilines is 1. The summed E-state index contributed by atoms with van der Waals surface area (Å²) in [4.78, 5) is 27.6. The number of piperazine rings is 1. The minimum Gasteiger partial charge on any atom is -0.369 e. The molecule has 1 aliphatic rings. The zero-order chi connectivity index (χ0) is 23.9. The topological polar surface area (TPSA) is 91.1 Å². The van der Waals surface area contributed by atoms with Gasteiger partial charge in [-0.25, -0.2) is 5.43 Å². The molecule has 8 nitrogen and oxygen atoms in total. The van der Waals surface area contributed by atoms with Gasteiger partial charge in [0.05, 0.1) is 11.1 Å². The van der Waals surface area contributed by atoms with Gasteiger partial charge in [-0.05, 0) is 35.9 Å². The maximum atomic E-state index is 12.4. The summed E-state index contributed by atoms with van der Waals surface area (Å²) in [5, 5.41) is 15.1. The van der Waals surface area contributed by atoms with Crippen LogP contribution < -0.4 is 10.3 Å². The number of hydrogen-bond donors (Lipinski definition) is 1. The fraction of sp³-hybridized carbons (Fsp3) is 0.200. The van der Waals surface area contributed by atoms with E-state index in [0.29, 0.717) is 16.1 Å². The summed E-state index contributed by atoms with van der Waals surface area (Å²) in [6.45, 7) is 4.75. The molecular formula is C25H24ClN5O3. The molecule has 34 heavy (non-hydrogen) atoms. The number of nitrogens with one attached hydrogen (secondary N) is 1. The molecule has 3 aromatic rings. The number of carbonyl (C=O) groups excluding carboxylic acids is 1. The van der Waals surface area contributed by atoms with Crippen molar-refractivity contribution in [3.8, 4) is 0 Å². The summed E-state index contributed by atoms with van der Waals surface area (Å²) >= 11 is 6.04. The molecule has 0 spiro atoms. The number of benzene rings is 3. The lowest BCUT2D eigenvalue weighted by Crippen LogP contribution is -2.45. The van der Waals surface area contributed by atoms with E-state index in [1.54, 1.807) is 12.1 Å². The predicted molar refractivity (Wildman–Crippen MR) is 134 cm³/mol. The number of para-hydroxylation sites is 1. The third-order valence-electron chi connectivity index (χ3n) is 5.68. The van der Waals surface area contributed by atoms with Gasteiger partial charge in [0.1, 0.15) is 0 Å². The Kier molecular flexibility index (Phi) is 7.51. The van der Waals surface area contributed by atoms with E-state index in [1.165, 1.54) is 30.1 Å². The van der Waals surface area contributed by atoms with Gasteiger partial charge < -0.3 is 4.90 Å². The van der Waals surface area contributed by atoms with Crippen LogP contribution >= 0.6 is 11.6 Å². The first-order valence-electron chi connectivity index (χ1n) is 10.9. The third kappa shape index (κ3) is 5.98. The van der Waals surface area contributed by atoms with Crippen LogP contribution in [0.25, 0.3) is 0 Å². The van der Waals surface area contributed by atoms with E-state index in [-0.39, 0.29) is 11.6 Å². The summed E-state index contributed by atoms with van der Waals surface area (Å²) in [6, 6.07) is 21.9. The maximum Gasteiger partial charge on any atom is 0.271 e. The second-order valence-electron chi connectivity index (χ2n) is 7.96. The first kappa shape index (κ1) is 23.4. The Bertz CT molecular complexity index is 1180. The molecule has 1 fully saturated rings. The second kappa shape index (κ2) is 10.9. The second-order valence-corrected chi connectivity index (χ2v) is 8.36. The van der Waals surface area contributed by atoms with Crippen LogP contribution in [-0.2, 0) is 6.54 Å². The number of carbonyl (C=O) groups is 1. The molecule has 1 N–H and O–H groups in total. The Morgan fingerprint density at radius 1 is 1.03 bits per heavy atom. The molecule has 0 bridgehead atoms. The average molecular weight is 478 g/mol. The van der Waals surface area contributed by atoms with E-state index in [9.17, 15) is 14.9 Å².